The number of ether oxygens (including phenoxy) is 1. The van der Waals surface area contributed by atoms with Gasteiger partial charge >= 0.3 is 5.97 Å². The third-order valence-electron chi connectivity index (χ3n) is 3.59. The zero-order valence-corrected chi connectivity index (χ0v) is 12.1. The third kappa shape index (κ3) is 2.33. The topological polar surface area (TPSA) is 66.8 Å². The highest BCUT2D eigenvalue weighted by Crippen LogP contribution is 2.41. The SMILES string of the molecule is CCC1(CC)Oc2ccc(Cl)cc2N(CC(=O)O)C1=O. The molecule has 1 aromatic rings. The van der Waals surface area contributed by atoms with E-state index >= 15 is 0 Å². The first-order valence-corrected chi connectivity index (χ1v) is 6.83. The van der Waals surface area contributed by atoms with Crippen molar-refractivity contribution in [3.8, 4) is 5.75 Å². The first-order valence-electron chi connectivity index (χ1n) is 6.46. The van der Waals surface area contributed by atoms with Crippen LogP contribution in [-0.4, -0.2) is 29.1 Å². The highest BCUT2D eigenvalue weighted by Gasteiger charge is 2.46. The van der Waals surface area contributed by atoms with Crippen molar-refractivity contribution in [3.05, 3.63) is 23.2 Å². The molecule has 1 N–H and O–H groups in total. The van der Waals surface area contributed by atoms with Gasteiger partial charge in [-0.25, -0.2) is 0 Å². The zero-order valence-electron chi connectivity index (χ0n) is 11.4. The van der Waals surface area contributed by atoms with Crippen LogP contribution < -0.4 is 9.64 Å². The maximum atomic E-state index is 12.6. The van der Waals surface area contributed by atoms with Crippen LogP contribution in [0.5, 0.6) is 5.75 Å². The second kappa shape index (κ2) is 5.32. The summed E-state index contributed by atoms with van der Waals surface area (Å²) in [5.41, 5.74) is -0.599. The van der Waals surface area contributed by atoms with Crippen LogP contribution in [0.15, 0.2) is 18.2 Å². The number of aliphatic carboxylic acids is 1. The van der Waals surface area contributed by atoms with E-state index in [2.05, 4.69) is 0 Å². The van der Waals surface area contributed by atoms with E-state index in [1.165, 1.54) is 4.90 Å². The number of amides is 1. The van der Waals surface area contributed by atoms with Gasteiger partial charge in [0.1, 0.15) is 12.3 Å². The normalized spacial score (nSPS) is 16.6. The van der Waals surface area contributed by atoms with Gasteiger partial charge in [0.2, 0.25) is 0 Å². The van der Waals surface area contributed by atoms with Gasteiger partial charge in [-0.3, -0.25) is 14.5 Å². The summed E-state index contributed by atoms with van der Waals surface area (Å²) < 4.78 is 5.85. The van der Waals surface area contributed by atoms with E-state index in [9.17, 15) is 9.59 Å². The molecule has 0 radical (unpaired) electrons. The van der Waals surface area contributed by atoms with E-state index < -0.39 is 18.1 Å². The Morgan fingerprint density at radius 2 is 2.05 bits per heavy atom. The van der Waals surface area contributed by atoms with Crippen molar-refractivity contribution >= 4 is 29.2 Å². The molecule has 1 aliphatic rings. The molecule has 0 aromatic heterocycles. The molecule has 1 amide bonds. The van der Waals surface area contributed by atoms with Crippen LogP contribution in [0.1, 0.15) is 26.7 Å². The summed E-state index contributed by atoms with van der Waals surface area (Å²) in [6.45, 7) is 3.29. The molecular weight excluding hydrogens is 282 g/mol. The number of benzene rings is 1. The molecule has 1 heterocycles. The van der Waals surface area contributed by atoms with Crippen molar-refractivity contribution in [2.75, 3.05) is 11.4 Å². The Balaban J connectivity index is 2.55. The average molecular weight is 298 g/mol. The number of carbonyl (C=O) groups excluding carboxylic acids is 1. The van der Waals surface area contributed by atoms with Crippen molar-refractivity contribution in [1.29, 1.82) is 0 Å². The summed E-state index contributed by atoms with van der Waals surface area (Å²) in [5.74, 6) is -0.925. The minimum Gasteiger partial charge on any atom is -0.480 e. The molecule has 0 unspecified atom stereocenters. The molecule has 2 rings (SSSR count). The van der Waals surface area contributed by atoms with Crippen LogP contribution >= 0.6 is 11.6 Å². The lowest BCUT2D eigenvalue weighted by Gasteiger charge is -2.41. The van der Waals surface area contributed by atoms with Gasteiger partial charge in [0.25, 0.3) is 5.91 Å². The number of nitrogens with zero attached hydrogens (tertiary/aromatic N) is 1. The predicted octanol–water partition coefficient (Wildman–Crippen LogP) is 2.71. The van der Waals surface area contributed by atoms with Gasteiger partial charge < -0.3 is 9.84 Å². The molecule has 0 spiro atoms. The number of carboxylic acid groups (broad SMARTS) is 1. The Morgan fingerprint density at radius 3 is 2.60 bits per heavy atom. The Labute approximate surface area is 122 Å². The minimum atomic E-state index is -1.08. The number of halogens is 1. The van der Waals surface area contributed by atoms with Gasteiger partial charge in [0, 0.05) is 5.02 Å². The molecule has 0 fully saturated rings. The van der Waals surface area contributed by atoms with E-state index in [0.29, 0.717) is 29.3 Å². The molecule has 0 saturated carbocycles. The van der Waals surface area contributed by atoms with Crippen LogP contribution in [0, 0.1) is 0 Å². The molecule has 6 heteroatoms. The van der Waals surface area contributed by atoms with Gasteiger partial charge in [0.05, 0.1) is 5.69 Å². The average Bonchev–Trinajstić information content (AvgIpc) is 2.42. The summed E-state index contributed by atoms with van der Waals surface area (Å²) in [6.07, 6.45) is 0.945. The van der Waals surface area contributed by atoms with Crippen LogP contribution in [0.2, 0.25) is 5.02 Å². The lowest BCUT2D eigenvalue weighted by Crippen LogP contribution is -2.56. The molecule has 1 aliphatic heterocycles. The predicted molar refractivity (Wildman–Crippen MR) is 75.4 cm³/mol. The number of hydrogen-bond acceptors (Lipinski definition) is 3. The highest BCUT2D eigenvalue weighted by molar-refractivity contribution is 6.31. The standard InChI is InChI=1S/C14H16ClNO4/c1-3-14(4-2)13(19)16(8-12(17)18)10-7-9(15)5-6-11(10)20-14/h5-7H,3-4,8H2,1-2H3,(H,17,18). The Morgan fingerprint density at radius 1 is 1.40 bits per heavy atom. The van der Waals surface area contributed by atoms with Crippen molar-refractivity contribution in [1.82, 2.24) is 0 Å². The van der Waals surface area contributed by atoms with Crippen LogP contribution in [0.3, 0.4) is 0 Å². The summed E-state index contributed by atoms with van der Waals surface area (Å²) in [4.78, 5) is 24.9. The summed E-state index contributed by atoms with van der Waals surface area (Å²) in [6, 6.07) is 4.87. The zero-order chi connectivity index (χ0) is 14.9. The molecule has 20 heavy (non-hydrogen) atoms. The quantitative estimate of drug-likeness (QED) is 0.928. The molecular formula is C14H16ClNO4. The van der Waals surface area contributed by atoms with Gasteiger partial charge in [-0.2, -0.15) is 0 Å². The second-order valence-electron chi connectivity index (χ2n) is 4.70. The van der Waals surface area contributed by atoms with Crippen LogP contribution in [-0.2, 0) is 9.59 Å². The molecule has 0 saturated heterocycles. The maximum Gasteiger partial charge on any atom is 0.323 e. The summed E-state index contributed by atoms with van der Waals surface area (Å²) in [5, 5.41) is 9.45. The first-order chi connectivity index (χ1) is 9.43. The number of carbonyl (C=O) groups is 2. The lowest BCUT2D eigenvalue weighted by atomic mass is 9.93. The lowest BCUT2D eigenvalue weighted by molar-refractivity contribution is -0.141. The van der Waals surface area contributed by atoms with Gasteiger partial charge in [-0.15, -0.1) is 0 Å². The number of fused-ring (bicyclic) bond motifs is 1. The maximum absolute atomic E-state index is 12.6. The fourth-order valence-corrected chi connectivity index (χ4v) is 2.55. The van der Waals surface area contributed by atoms with Gasteiger partial charge in [0.15, 0.2) is 5.60 Å². The van der Waals surface area contributed by atoms with Crippen LogP contribution in [0.25, 0.3) is 0 Å². The largest absolute Gasteiger partial charge is 0.480 e. The smallest absolute Gasteiger partial charge is 0.323 e. The molecule has 0 bridgehead atoms. The van der Waals surface area contributed by atoms with Crippen molar-refractivity contribution in [2.45, 2.75) is 32.3 Å². The van der Waals surface area contributed by atoms with E-state index in [4.69, 9.17) is 21.4 Å². The van der Waals surface area contributed by atoms with E-state index in [0.717, 1.165) is 0 Å². The second-order valence-corrected chi connectivity index (χ2v) is 5.14. The van der Waals surface area contributed by atoms with Crippen molar-refractivity contribution in [2.24, 2.45) is 0 Å². The number of rotatable bonds is 4. The molecule has 5 nitrogen and oxygen atoms in total. The Hall–Kier alpha value is -1.75. The van der Waals surface area contributed by atoms with Crippen LogP contribution in [0.4, 0.5) is 5.69 Å². The number of anilines is 1. The summed E-state index contributed by atoms with van der Waals surface area (Å²) in [7, 11) is 0. The molecule has 0 aliphatic carbocycles. The number of carboxylic acids is 1. The molecule has 108 valence electrons. The fraction of sp³-hybridized carbons (Fsp3) is 0.429. The first kappa shape index (κ1) is 14.7. The minimum absolute atomic E-state index is 0.334. The highest BCUT2D eigenvalue weighted by atomic mass is 35.5. The van der Waals surface area contributed by atoms with Gasteiger partial charge in [-0.1, -0.05) is 25.4 Å². The van der Waals surface area contributed by atoms with Gasteiger partial charge in [-0.05, 0) is 31.0 Å². The van der Waals surface area contributed by atoms with E-state index in [1.807, 2.05) is 13.8 Å². The van der Waals surface area contributed by atoms with Crippen molar-refractivity contribution < 1.29 is 19.4 Å². The summed E-state index contributed by atoms with van der Waals surface area (Å²) >= 11 is 5.92. The number of hydrogen-bond donors (Lipinski definition) is 1. The monoisotopic (exact) mass is 297 g/mol. The van der Waals surface area contributed by atoms with Crippen molar-refractivity contribution in [3.63, 3.8) is 0 Å². The Kier molecular flexibility index (Phi) is 3.90. The van der Waals surface area contributed by atoms with E-state index in [-0.39, 0.29) is 5.91 Å². The third-order valence-corrected chi connectivity index (χ3v) is 3.82. The Bertz CT molecular complexity index is 554. The molecule has 0 atom stereocenters. The van der Waals surface area contributed by atoms with E-state index in [1.54, 1.807) is 18.2 Å². The fourth-order valence-electron chi connectivity index (χ4n) is 2.39. The molecule has 1 aromatic carbocycles.